The third kappa shape index (κ3) is 2.51. The van der Waals surface area contributed by atoms with Gasteiger partial charge in [0.15, 0.2) is 0 Å². The zero-order valence-corrected chi connectivity index (χ0v) is 9.72. The van der Waals surface area contributed by atoms with Gasteiger partial charge in [-0.25, -0.2) is 0 Å². The summed E-state index contributed by atoms with van der Waals surface area (Å²) in [5, 5.41) is 1.18. The molecule has 1 aromatic carbocycles. The molecule has 0 aliphatic heterocycles. The monoisotopic (exact) mass is 218 g/mol. The van der Waals surface area contributed by atoms with Crippen LogP contribution < -0.4 is 5.19 Å². The lowest BCUT2D eigenvalue weighted by molar-refractivity contribution is 0.927. The summed E-state index contributed by atoms with van der Waals surface area (Å²) in [6, 6.07) is 8.20. The molecule has 3 heteroatoms. The maximum Gasteiger partial charge on any atom is 0.266 e. The summed E-state index contributed by atoms with van der Waals surface area (Å²) in [6.07, 6.45) is 2.23. The lowest BCUT2D eigenvalue weighted by Crippen LogP contribution is -2.22. The first kappa shape index (κ1) is 10.1. The summed E-state index contributed by atoms with van der Waals surface area (Å²) in [6.45, 7) is 2.16. The van der Waals surface area contributed by atoms with Crippen LogP contribution in [0.4, 0.5) is 0 Å². The second kappa shape index (κ2) is 4.90. The summed E-state index contributed by atoms with van der Waals surface area (Å²) in [5.41, 5.74) is 1.32. The summed E-state index contributed by atoms with van der Waals surface area (Å²) in [4.78, 5) is 0. The molecule has 0 bridgehead atoms. The van der Waals surface area contributed by atoms with Crippen LogP contribution in [0.1, 0.15) is 18.9 Å². The number of hydrogen-bond acceptors (Lipinski definition) is 0. The Morgan fingerprint density at radius 1 is 1.25 bits per heavy atom. The molecule has 0 radical (unpaired) electrons. The van der Waals surface area contributed by atoms with Crippen LogP contribution in [0, 0.1) is 0 Å². The van der Waals surface area contributed by atoms with Crippen molar-refractivity contribution in [3.8, 4) is 0 Å². The second-order valence-electron chi connectivity index (χ2n) is 2.75. The molecule has 0 nitrogen and oxygen atoms in total. The first-order chi connectivity index (χ1) is 5.75. The van der Waals surface area contributed by atoms with E-state index in [0.29, 0.717) is 0 Å². The van der Waals surface area contributed by atoms with Gasteiger partial charge in [0.1, 0.15) is 0 Å². The van der Waals surface area contributed by atoms with E-state index in [2.05, 4.69) is 13.0 Å². The molecule has 0 atom stereocenters. The smallest absolute Gasteiger partial charge is 0.144 e. The maximum absolute atomic E-state index is 5.95. The van der Waals surface area contributed by atoms with Crippen LogP contribution in [-0.2, 0) is 6.42 Å². The van der Waals surface area contributed by atoms with Crippen LogP contribution in [0.15, 0.2) is 24.3 Å². The number of halogens is 2. The second-order valence-corrected chi connectivity index (χ2v) is 7.26. The van der Waals surface area contributed by atoms with Crippen molar-refractivity contribution in [3.63, 3.8) is 0 Å². The molecule has 0 aliphatic rings. The van der Waals surface area contributed by atoms with E-state index in [0.717, 1.165) is 12.8 Å². The summed E-state index contributed by atoms with van der Waals surface area (Å²) in [7, 11) is -1.66. The Labute approximate surface area is 84.5 Å². The molecule has 0 spiro atoms. The van der Waals surface area contributed by atoms with Crippen LogP contribution in [-0.4, -0.2) is 7.42 Å². The van der Waals surface area contributed by atoms with Crippen LogP contribution in [0.3, 0.4) is 0 Å². The quantitative estimate of drug-likeness (QED) is 0.541. The third-order valence-corrected chi connectivity index (χ3v) is 4.25. The average molecular weight is 219 g/mol. The highest BCUT2D eigenvalue weighted by molar-refractivity contribution is 7.39. The van der Waals surface area contributed by atoms with E-state index >= 15 is 0 Å². The van der Waals surface area contributed by atoms with Gasteiger partial charge in [0.05, 0.1) is 0 Å². The molecule has 66 valence electrons. The van der Waals surface area contributed by atoms with E-state index in [9.17, 15) is 0 Å². The predicted octanol–water partition coefficient (Wildman–Crippen LogP) is 2.54. The Kier molecular flexibility index (Phi) is 4.13. The minimum Gasteiger partial charge on any atom is -0.144 e. The van der Waals surface area contributed by atoms with Gasteiger partial charge in [-0.15, -0.1) is 22.2 Å². The van der Waals surface area contributed by atoms with Crippen molar-refractivity contribution in [2.24, 2.45) is 0 Å². The molecule has 0 heterocycles. The summed E-state index contributed by atoms with van der Waals surface area (Å²) in [5.74, 6) is 0. The molecule has 0 unspecified atom stereocenters. The largest absolute Gasteiger partial charge is 0.266 e. The molecule has 0 N–H and O–H groups in total. The third-order valence-electron chi connectivity index (χ3n) is 1.81. The highest BCUT2D eigenvalue weighted by Gasteiger charge is 2.09. The van der Waals surface area contributed by atoms with Gasteiger partial charge < -0.3 is 0 Å². The molecule has 12 heavy (non-hydrogen) atoms. The molecule has 0 fully saturated rings. The molecule has 0 amide bonds. The molecule has 0 aromatic heterocycles. The molecule has 1 aromatic rings. The Morgan fingerprint density at radius 2 is 1.92 bits per heavy atom. The fourth-order valence-corrected chi connectivity index (χ4v) is 3.30. The Balaban J connectivity index is 2.92. The predicted molar refractivity (Wildman–Crippen MR) is 58.9 cm³/mol. The standard InChI is InChI=1S/C9H12Cl2Si/c1-2-5-8-6-3-4-7-9(8)12(10)11/h3-4,6-7,12H,2,5H2,1H3. The minimum absolute atomic E-state index is 1.08. The lowest BCUT2D eigenvalue weighted by atomic mass is 10.1. The first-order valence-electron chi connectivity index (χ1n) is 4.11. The Hall–Kier alpha value is 0.0169. The van der Waals surface area contributed by atoms with Gasteiger partial charge in [-0.05, 0) is 17.2 Å². The van der Waals surface area contributed by atoms with Crippen LogP contribution in [0.5, 0.6) is 0 Å². The number of benzene rings is 1. The van der Waals surface area contributed by atoms with Gasteiger partial charge in [0.25, 0.3) is 7.42 Å². The van der Waals surface area contributed by atoms with Crippen LogP contribution in [0.25, 0.3) is 0 Å². The van der Waals surface area contributed by atoms with E-state index in [1.807, 2.05) is 18.2 Å². The Bertz CT molecular complexity index is 248. The van der Waals surface area contributed by atoms with Crippen molar-refractivity contribution in [1.29, 1.82) is 0 Å². The summed E-state index contributed by atoms with van der Waals surface area (Å²) < 4.78 is 0. The van der Waals surface area contributed by atoms with E-state index in [4.69, 9.17) is 22.2 Å². The topological polar surface area (TPSA) is 0 Å². The van der Waals surface area contributed by atoms with Crippen LogP contribution in [0.2, 0.25) is 0 Å². The van der Waals surface area contributed by atoms with Crippen molar-refractivity contribution in [2.45, 2.75) is 19.8 Å². The van der Waals surface area contributed by atoms with Gasteiger partial charge in [0, 0.05) is 0 Å². The van der Waals surface area contributed by atoms with Crippen molar-refractivity contribution in [1.82, 2.24) is 0 Å². The van der Waals surface area contributed by atoms with Gasteiger partial charge in [0.2, 0.25) is 0 Å². The van der Waals surface area contributed by atoms with Crippen molar-refractivity contribution in [3.05, 3.63) is 29.8 Å². The van der Waals surface area contributed by atoms with E-state index in [-0.39, 0.29) is 0 Å². The maximum atomic E-state index is 5.95. The van der Waals surface area contributed by atoms with E-state index in [1.165, 1.54) is 10.8 Å². The highest BCUT2D eigenvalue weighted by Crippen LogP contribution is 2.05. The van der Waals surface area contributed by atoms with Crippen molar-refractivity contribution < 1.29 is 0 Å². The van der Waals surface area contributed by atoms with Gasteiger partial charge in [-0.1, -0.05) is 37.6 Å². The zero-order chi connectivity index (χ0) is 8.97. The Morgan fingerprint density at radius 3 is 2.50 bits per heavy atom. The van der Waals surface area contributed by atoms with E-state index in [1.54, 1.807) is 0 Å². The average Bonchev–Trinajstić information content (AvgIpc) is 2.05. The van der Waals surface area contributed by atoms with E-state index < -0.39 is 7.42 Å². The lowest BCUT2D eigenvalue weighted by Gasteiger charge is -2.06. The number of aryl methyl sites for hydroxylation is 1. The molecule has 0 saturated carbocycles. The van der Waals surface area contributed by atoms with Gasteiger partial charge >= 0.3 is 0 Å². The van der Waals surface area contributed by atoms with Crippen molar-refractivity contribution in [2.75, 3.05) is 0 Å². The van der Waals surface area contributed by atoms with Gasteiger partial charge in [-0.3, -0.25) is 0 Å². The number of rotatable bonds is 3. The number of hydrogen-bond donors (Lipinski definition) is 0. The van der Waals surface area contributed by atoms with Gasteiger partial charge in [-0.2, -0.15) is 0 Å². The molecule has 1 rings (SSSR count). The fourth-order valence-electron chi connectivity index (χ4n) is 1.24. The molecular formula is C9H12Cl2Si. The normalized spacial score (nSPS) is 10.7. The zero-order valence-electron chi connectivity index (χ0n) is 7.06. The molecular weight excluding hydrogens is 207 g/mol. The van der Waals surface area contributed by atoms with Crippen molar-refractivity contribution >= 4 is 34.8 Å². The summed E-state index contributed by atoms with van der Waals surface area (Å²) >= 11 is 11.9. The highest BCUT2D eigenvalue weighted by atomic mass is 35.7. The SMILES string of the molecule is CCCc1ccccc1[SiH](Cl)Cl. The minimum atomic E-state index is -1.66. The molecule has 0 aliphatic carbocycles. The van der Waals surface area contributed by atoms with Crippen LogP contribution >= 0.6 is 22.2 Å². The molecule has 0 saturated heterocycles. The first-order valence-corrected chi connectivity index (χ1v) is 8.18. The fraction of sp³-hybridized carbons (Fsp3) is 0.333.